The lowest BCUT2D eigenvalue weighted by Crippen LogP contribution is -2.38. The average Bonchev–Trinajstić information content (AvgIpc) is 2.47. The molecular weight excluding hydrogens is 248 g/mol. The van der Waals surface area contributed by atoms with Crippen LogP contribution in [0.15, 0.2) is 0 Å². The molecule has 0 N–H and O–H groups in total. The topological polar surface area (TPSA) is 23.6 Å². The molecule has 0 aliphatic rings. The van der Waals surface area contributed by atoms with Crippen molar-refractivity contribution in [1.29, 1.82) is 0 Å². The highest BCUT2D eigenvalue weighted by Gasteiger charge is 2.11. The fourth-order valence-corrected chi connectivity index (χ4v) is 2.48. The molecule has 1 amide bonds. The number of unbranched alkanes of at least 4 members (excludes halogenated alkanes) is 5. The van der Waals surface area contributed by atoms with Crippen molar-refractivity contribution in [3.8, 4) is 0 Å². The van der Waals surface area contributed by atoms with Crippen molar-refractivity contribution in [2.24, 2.45) is 0 Å². The number of nitrogens with zero attached hydrogens (tertiary/aromatic N) is 2. The molecule has 3 nitrogen and oxygen atoms in total. The van der Waals surface area contributed by atoms with Gasteiger partial charge in [-0.1, -0.05) is 52.9 Å². The molecule has 0 rings (SSSR count). The Hall–Kier alpha value is -0.570. The van der Waals surface area contributed by atoms with Crippen LogP contribution in [-0.4, -0.2) is 48.4 Å². The Balaban J connectivity index is 3.79. The molecule has 0 aromatic carbocycles. The highest BCUT2D eigenvalue weighted by Crippen LogP contribution is 2.08. The quantitative estimate of drug-likeness (QED) is 0.478. The van der Waals surface area contributed by atoms with Gasteiger partial charge in [0, 0.05) is 26.1 Å². The van der Waals surface area contributed by atoms with Gasteiger partial charge >= 0.3 is 0 Å². The Morgan fingerprint density at radius 2 is 1.35 bits per heavy atom. The van der Waals surface area contributed by atoms with Gasteiger partial charge in [-0.25, -0.2) is 0 Å². The van der Waals surface area contributed by atoms with Gasteiger partial charge in [-0.15, -0.1) is 0 Å². The van der Waals surface area contributed by atoms with E-state index in [1.54, 1.807) is 0 Å². The van der Waals surface area contributed by atoms with Crippen molar-refractivity contribution in [2.75, 3.05) is 32.7 Å². The summed E-state index contributed by atoms with van der Waals surface area (Å²) in [6, 6.07) is 0. The minimum atomic E-state index is 0.343. The van der Waals surface area contributed by atoms with Gasteiger partial charge < -0.3 is 9.80 Å². The van der Waals surface area contributed by atoms with Crippen LogP contribution in [0.5, 0.6) is 0 Å². The van der Waals surface area contributed by atoms with Gasteiger partial charge in [0.05, 0.1) is 0 Å². The zero-order valence-electron chi connectivity index (χ0n) is 14.3. The maximum atomic E-state index is 12.2. The predicted octanol–water partition coefficient (Wildman–Crippen LogP) is 3.93. The predicted molar refractivity (Wildman–Crippen MR) is 88.0 cm³/mol. The Labute approximate surface area is 126 Å². The van der Waals surface area contributed by atoms with E-state index in [0.29, 0.717) is 5.91 Å². The van der Waals surface area contributed by atoms with Crippen molar-refractivity contribution in [2.45, 2.75) is 72.6 Å². The average molecular weight is 284 g/mol. The third-order valence-electron chi connectivity index (χ3n) is 4.06. The molecule has 0 aromatic rings. The number of carbonyl (C=O) groups is 1. The van der Waals surface area contributed by atoms with E-state index in [1.807, 2.05) is 4.90 Å². The lowest BCUT2D eigenvalue weighted by atomic mass is 10.1. The van der Waals surface area contributed by atoms with Crippen molar-refractivity contribution in [3.05, 3.63) is 0 Å². The van der Waals surface area contributed by atoms with Crippen LogP contribution in [0.1, 0.15) is 72.6 Å². The molecular formula is C17H36N2O. The second-order valence-electron chi connectivity index (χ2n) is 5.52. The number of rotatable bonds is 13. The highest BCUT2D eigenvalue weighted by atomic mass is 16.2. The van der Waals surface area contributed by atoms with E-state index in [9.17, 15) is 4.79 Å². The van der Waals surface area contributed by atoms with Gasteiger partial charge in [-0.2, -0.15) is 0 Å². The van der Waals surface area contributed by atoms with Crippen LogP contribution in [-0.2, 0) is 4.79 Å². The van der Waals surface area contributed by atoms with Crippen LogP contribution in [0.25, 0.3) is 0 Å². The molecule has 3 heteroatoms. The Kier molecular flexibility index (Phi) is 13.0. The molecule has 0 aliphatic heterocycles. The van der Waals surface area contributed by atoms with Crippen molar-refractivity contribution >= 4 is 5.91 Å². The molecule has 0 heterocycles. The molecule has 0 radical (unpaired) electrons. The van der Waals surface area contributed by atoms with Gasteiger partial charge in [0.2, 0.25) is 5.91 Å². The minimum absolute atomic E-state index is 0.343. The summed E-state index contributed by atoms with van der Waals surface area (Å²) in [6.07, 6.45) is 8.23. The van der Waals surface area contributed by atoms with Crippen LogP contribution in [0, 0.1) is 0 Å². The van der Waals surface area contributed by atoms with E-state index in [0.717, 1.165) is 45.6 Å². The van der Waals surface area contributed by atoms with E-state index >= 15 is 0 Å². The largest absolute Gasteiger partial charge is 0.342 e. The molecule has 0 atom stereocenters. The fourth-order valence-electron chi connectivity index (χ4n) is 2.48. The summed E-state index contributed by atoms with van der Waals surface area (Å²) in [5, 5.41) is 0. The summed E-state index contributed by atoms with van der Waals surface area (Å²) in [7, 11) is 0. The van der Waals surface area contributed by atoms with Crippen LogP contribution in [0.2, 0.25) is 0 Å². The maximum absolute atomic E-state index is 12.2. The first-order valence-electron chi connectivity index (χ1n) is 8.69. The van der Waals surface area contributed by atoms with E-state index in [2.05, 4.69) is 32.6 Å². The van der Waals surface area contributed by atoms with Gasteiger partial charge in [-0.05, 0) is 26.4 Å². The molecule has 0 bridgehead atoms. The smallest absolute Gasteiger partial charge is 0.222 e. The molecule has 0 spiro atoms. The molecule has 0 saturated heterocycles. The Morgan fingerprint density at radius 1 is 0.750 bits per heavy atom. The van der Waals surface area contributed by atoms with E-state index in [1.165, 1.54) is 32.1 Å². The summed E-state index contributed by atoms with van der Waals surface area (Å²) >= 11 is 0. The van der Waals surface area contributed by atoms with Crippen molar-refractivity contribution < 1.29 is 4.79 Å². The molecule has 0 unspecified atom stereocenters. The number of hydrogen-bond donors (Lipinski definition) is 0. The number of carbonyl (C=O) groups excluding carboxylic acids is 1. The first-order valence-corrected chi connectivity index (χ1v) is 8.69. The summed E-state index contributed by atoms with van der Waals surface area (Å²) in [5.41, 5.74) is 0. The number of likely N-dealkylation sites (N-methyl/N-ethyl adjacent to an activating group) is 2. The van der Waals surface area contributed by atoms with Gasteiger partial charge in [-0.3, -0.25) is 4.79 Å². The normalized spacial score (nSPS) is 11.1. The first-order chi connectivity index (χ1) is 9.69. The van der Waals surface area contributed by atoms with Gasteiger partial charge in [0.25, 0.3) is 0 Å². The summed E-state index contributed by atoms with van der Waals surface area (Å²) in [6.45, 7) is 13.5. The van der Waals surface area contributed by atoms with Crippen LogP contribution in [0.3, 0.4) is 0 Å². The van der Waals surface area contributed by atoms with E-state index in [-0.39, 0.29) is 0 Å². The molecule has 20 heavy (non-hydrogen) atoms. The molecule has 0 saturated carbocycles. The summed E-state index contributed by atoms with van der Waals surface area (Å²) in [4.78, 5) is 16.6. The monoisotopic (exact) mass is 284 g/mol. The molecule has 120 valence electrons. The van der Waals surface area contributed by atoms with Crippen molar-refractivity contribution in [1.82, 2.24) is 9.80 Å². The SMILES string of the molecule is CCCCCCCCC(=O)N(CC)CCN(CC)CC. The molecule has 0 aliphatic carbocycles. The minimum Gasteiger partial charge on any atom is -0.342 e. The van der Waals surface area contributed by atoms with Gasteiger partial charge in [0.15, 0.2) is 0 Å². The summed E-state index contributed by atoms with van der Waals surface area (Å²) < 4.78 is 0. The zero-order chi connectivity index (χ0) is 15.2. The first kappa shape index (κ1) is 19.4. The lowest BCUT2D eigenvalue weighted by Gasteiger charge is -2.25. The van der Waals surface area contributed by atoms with E-state index < -0.39 is 0 Å². The second-order valence-corrected chi connectivity index (χ2v) is 5.52. The molecule has 0 aromatic heterocycles. The third kappa shape index (κ3) is 9.35. The van der Waals surface area contributed by atoms with Crippen molar-refractivity contribution in [3.63, 3.8) is 0 Å². The summed E-state index contributed by atoms with van der Waals surface area (Å²) in [5.74, 6) is 0.343. The van der Waals surface area contributed by atoms with Gasteiger partial charge in [0.1, 0.15) is 0 Å². The Bertz CT molecular complexity index is 227. The third-order valence-corrected chi connectivity index (χ3v) is 4.06. The maximum Gasteiger partial charge on any atom is 0.222 e. The van der Waals surface area contributed by atoms with Crippen LogP contribution >= 0.6 is 0 Å². The fraction of sp³-hybridized carbons (Fsp3) is 0.941. The van der Waals surface area contributed by atoms with Crippen LogP contribution in [0.4, 0.5) is 0 Å². The van der Waals surface area contributed by atoms with E-state index in [4.69, 9.17) is 0 Å². The lowest BCUT2D eigenvalue weighted by molar-refractivity contribution is -0.131. The molecule has 0 fully saturated rings. The number of amides is 1. The second kappa shape index (κ2) is 13.4. The number of hydrogen-bond acceptors (Lipinski definition) is 2. The van der Waals surface area contributed by atoms with Crippen LogP contribution < -0.4 is 0 Å². The highest BCUT2D eigenvalue weighted by molar-refractivity contribution is 5.76. The standard InChI is InChI=1S/C17H36N2O/c1-5-9-10-11-12-13-14-17(20)19(8-4)16-15-18(6-2)7-3/h5-16H2,1-4H3. The zero-order valence-corrected chi connectivity index (χ0v) is 14.3. The Morgan fingerprint density at radius 3 is 1.90 bits per heavy atom.